The topological polar surface area (TPSA) is 50.9 Å². The highest BCUT2D eigenvalue weighted by molar-refractivity contribution is 7.09. The Kier molecular flexibility index (Phi) is 3.91. The van der Waals surface area contributed by atoms with Gasteiger partial charge in [0.15, 0.2) is 0 Å². The summed E-state index contributed by atoms with van der Waals surface area (Å²) in [6.45, 7) is 1.98. The summed E-state index contributed by atoms with van der Waals surface area (Å²) in [7, 11) is 1.92. The first-order valence-corrected chi connectivity index (χ1v) is 6.59. The molecule has 0 aromatic carbocycles. The normalized spacial score (nSPS) is 12.9. The van der Waals surface area contributed by atoms with Gasteiger partial charge in [0.25, 0.3) is 0 Å². The van der Waals surface area contributed by atoms with Crippen molar-refractivity contribution in [2.45, 2.75) is 32.3 Å². The zero-order valence-corrected chi connectivity index (χ0v) is 10.9. The lowest BCUT2D eigenvalue weighted by Crippen LogP contribution is -2.13. The number of nitrogens with zero attached hydrogens (tertiary/aromatic N) is 3. The molecule has 0 aliphatic heterocycles. The fourth-order valence-electron chi connectivity index (χ4n) is 1.81. The Morgan fingerprint density at radius 3 is 2.94 bits per heavy atom. The standard InChI is InChI=1S/C12H17N3OS/c1-9-14-10(8-17-9)7-12(16)4-3-11-5-6-13-15(11)2/h5-6,8,12,16H,3-4,7H2,1-2H3. The Balaban J connectivity index is 1.82. The van der Waals surface area contributed by atoms with Crippen molar-refractivity contribution in [3.8, 4) is 0 Å². The number of aliphatic hydroxyl groups is 1. The number of hydrogen-bond acceptors (Lipinski definition) is 4. The van der Waals surface area contributed by atoms with Crippen LogP contribution in [-0.4, -0.2) is 26.0 Å². The van der Waals surface area contributed by atoms with Crippen LogP contribution in [0.5, 0.6) is 0 Å². The van der Waals surface area contributed by atoms with Gasteiger partial charge in [-0.15, -0.1) is 11.3 Å². The molecular formula is C12H17N3OS. The monoisotopic (exact) mass is 251 g/mol. The van der Waals surface area contributed by atoms with E-state index < -0.39 is 0 Å². The van der Waals surface area contributed by atoms with Crippen LogP contribution in [0.4, 0.5) is 0 Å². The second-order valence-corrected chi connectivity index (χ2v) is 5.26. The number of aliphatic hydroxyl groups excluding tert-OH is 1. The largest absolute Gasteiger partial charge is 0.393 e. The van der Waals surface area contributed by atoms with Crippen LogP contribution < -0.4 is 0 Å². The Hall–Kier alpha value is -1.20. The molecule has 0 aliphatic carbocycles. The van der Waals surface area contributed by atoms with Gasteiger partial charge in [-0.2, -0.15) is 5.10 Å². The maximum absolute atomic E-state index is 9.94. The number of thiazole rings is 1. The van der Waals surface area contributed by atoms with Crippen molar-refractivity contribution in [1.29, 1.82) is 0 Å². The summed E-state index contributed by atoms with van der Waals surface area (Å²) in [5.41, 5.74) is 2.14. The van der Waals surface area contributed by atoms with Gasteiger partial charge >= 0.3 is 0 Å². The molecule has 0 amide bonds. The molecule has 0 saturated heterocycles. The minimum atomic E-state index is -0.327. The molecule has 0 saturated carbocycles. The molecule has 2 rings (SSSR count). The third kappa shape index (κ3) is 3.38. The summed E-state index contributed by atoms with van der Waals surface area (Å²) in [5.74, 6) is 0. The second-order valence-electron chi connectivity index (χ2n) is 4.20. The van der Waals surface area contributed by atoms with Crippen LogP contribution in [-0.2, 0) is 19.9 Å². The van der Waals surface area contributed by atoms with Crippen molar-refractivity contribution in [3.63, 3.8) is 0 Å². The average Bonchev–Trinajstić information content (AvgIpc) is 2.85. The highest BCUT2D eigenvalue weighted by Crippen LogP contribution is 2.12. The molecule has 1 N–H and O–H groups in total. The van der Waals surface area contributed by atoms with Gasteiger partial charge < -0.3 is 5.11 Å². The van der Waals surface area contributed by atoms with E-state index in [1.807, 2.05) is 30.1 Å². The smallest absolute Gasteiger partial charge is 0.0897 e. The average molecular weight is 251 g/mol. The molecule has 1 unspecified atom stereocenters. The third-order valence-electron chi connectivity index (χ3n) is 2.77. The van der Waals surface area contributed by atoms with Gasteiger partial charge in [-0.05, 0) is 25.8 Å². The van der Waals surface area contributed by atoms with Gasteiger partial charge in [-0.25, -0.2) is 4.98 Å². The van der Waals surface area contributed by atoms with Gasteiger partial charge in [0.2, 0.25) is 0 Å². The van der Waals surface area contributed by atoms with Gasteiger partial charge in [0.05, 0.1) is 16.8 Å². The molecule has 17 heavy (non-hydrogen) atoms. The third-order valence-corrected chi connectivity index (χ3v) is 3.59. The molecule has 92 valence electrons. The van der Waals surface area contributed by atoms with Gasteiger partial charge in [-0.1, -0.05) is 0 Å². The Bertz CT molecular complexity index is 478. The second kappa shape index (κ2) is 5.42. The maximum Gasteiger partial charge on any atom is 0.0897 e. The van der Waals surface area contributed by atoms with E-state index in [0.717, 1.165) is 29.2 Å². The number of aryl methyl sites for hydroxylation is 3. The van der Waals surface area contributed by atoms with Crippen molar-refractivity contribution in [2.24, 2.45) is 7.05 Å². The van der Waals surface area contributed by atoms with E-state index in [4.69, 9.17) is 0 Å². The van der Waals surface area contributed by atoms with Crippen LogP contribution in [0.2, 0.25) is 0 Å². The Labute approximate surface area is 105 Å². The van der Waals surface area contributed by atoms with E-state index in [2.05, 4.69) is 10.1 Å². The number of rotatable bonds is 5. The van der Waals surface area contributed by atoms with Gasteiger partial charge in [-0.3, -0.25) is 4.68 Å². The summed E-state index contributed by atoms with van der Waals surface area (Å²) in [6.07, 6.45) is 3.69. The number of aromatic nitrogens is 3. The van der Waals surface area contributed by atoms with Gasteiger partial charge in [0.1, 0.15) is 0 Å². The Morgan fingerprint density at radius 2 is 2.35 bits per heavy atom. The van der Waals surface area contributed by atoms with Crippen molar-refractivity contribution in [2.75, 3.05) is 0 Å². The molecule has 0 bridgehead atoms. The van der Waals surface area contributed by atoms with Crippen molar-refractivity contribution < 1.29 is 5.11 Å². The summed E-state index contributed by atoms with van der Waals surface area (Å²) in [5, 5.41) is 17.1. The fraction of sp³-hybridized carbons (Fsp3) is 0.500. The molecule has 0 spiro atoms. The van der Waals surface area contributed by atoms with Crippen LogP contribution in [0.1, 0.15) is 22.8 Å². The molecular weight excluding hydrogens is 234 g/mol. The van der Waals surface area contributed by atoms with Crippen molar-refractivity contribution in [1.82, 2.24) is 14.8 Å². The molecule has 5 heteroatoms. The van der Waals surface area contributed by atoms with Crippen LogP contribution in [0.25, 0.3) is 0 Å². The van der Waals surface area contributed by atoms with Crippen molar-refractivity contribution >= 4 is 11.3 Å². The zero-order chi connectivity index (χ0) is 12.3. The first-order chi connectivity index (χ1) is 8.15. The van der Waals surface area contributed by atoms with Crippen LogP contribution >= 0.6 is 11.3 Å². The lowest BCUT2D eigenvalue weighted by atomic mass is 10.1. The molecule has 0 radical (unpaired) electrons. The summed E-state index contributed by atoms with van der Waals surface area (Å²) >= 11 is 1.63. The molecule has 0 aliphatic rings. The molecule has 4 nitrogen and oxygen atoms in total. The summed E-state index contributed by atoms with van der Waals surface area (Å²) in [4.78, 5) is 4.35. The maximum atomic E-state index is 9.94. The molecule has 2 aromatic rings. The molecule has 2 heterocycles. The van der Waals surface area contributed by atoms with Crippen LogP contribution in [0.15, 0.2) is 17.6 Å². The van der Waals surface area contributed by atoms with E-state index >= 15 is 0 Å². The van der Waals surface area contributed by atoms with Crippen molar-refractivity contribution in [3.05, 3.63) is 34.0 Å². The Morgan fingerprint density at radius 1 is 1.53 bits per heavy atom. The van der Waals surface area contributed by atoms with Gasteiger partial charge in [0, 0.05) is 30.7 Å². The van der Waals surface area contributed by atoms with Crippen LogP contribution in [0, 0.1) is 6.92 Å². The molecule has 2 aromatic heterocycles. The minimum Gasteiger partial charge on any atom is -0.393 e. The first kappa shape index (κ1) is 12.3. The first-order valence-electron chi connectivity index (χ1n) is 5.71. The zero-order valence-electron chi connectivity index (χ0n) is 10.1. The van der Waals surface area contributed by atoms with E-state index in [1.165, 1.54) is 0 Å². The molecule has 0 fully saturated rings. The van der Waals surface area contributed by atoms with E-state index in [1.54, 1.807) is 17.5 Å². The van der Waals surface area contributed by atoms with Crippen LogP contribution in [0.3, 0.4) is 0 Å². The van der Waals surface area contributed by atoms with E-state index in [-0.39, 0.29) is 6.10 Å². The minimum absolute atomic E-state index is 0.327. The predicted octanol–water partition coefficient (Wildman–Crippen LogP) is 1.72. The highest BCUT2D eigenvalue weighted by Gasteiger charge is 2.09. The summed E-state index contributed by atoms with van der Waals surface area (Å²) in [6, 6.07) is 1.99. The number of hydrogen-bond donors (Lipinski definition) is 1. The predicted molar refractivity (Wildman–Crippen MR) is 68.1 cm³/mol. The van der Waals surface area contributed by atoms with E-state index in [0.29, 0.717) is 6.42 Å². The summed E-state index contributed by atoms with van der Waals surface area (Å²) < 4.78 is 1.85. The quantitative estimate of drug-likeness (QED) is 0.880. The lowest BCUT2D eigenvalue weighted by molar-refractivity contribution is 0.163. The fourth-order valence-corrected chi connectivity index (χ4v) is 2.43. The SMILES string of the molecule is Cc1nc(CC(O)CCc2ccnn2C)cs1. The van der Waals surface area contributed by atoms with E-state index in [9.17, 15) is 5.11 Å². The molecule has 1 atom stereocenters. The lowest BCUT2D eigenvalue weighted by Gasteiger charge is -2.08. The highest BCUT2D eigenvalue weighted by atomic mass is 32.1.